The first kappa shape index (κ1) is 24.8. The van der Waals surface area contributed by atoms with Crippen molar-refractivity contribution in [3.63, 3.8) is 0 Å². The number of ether oxygens (including phenoxy) is 1. The normalized spacial score (nSPS) is 15.2. The number of fused-ring (bicyclic) bond motifs is 1. The number of nitrogens with one attached hydrogen (secondary N) is 2. The van der Waals surface area contributed by atoms with E-state index in [-0.39, 0.29) is 11.2 Å². The van der Waals surface area contributed by atoms with E-state index < -0.39 is 0 Å². The summed E-state index contributed by atoms with van der Waals surface area (Å²) in [5, 5.41) is 3.81. The highest BCUT2D eigenvalue weighted by atomic mass is 35.5. The molecule has 5 rings (SSSR count). The van der Waals surface area contributed by atoms with Crippen molar-refractivity contribution < 1.29 is 9.53 Å². The number of thioether (sulfide) groups is 1. The summed E-state index contributed by atoms with van der Waals surface area (Å²) in [6.07, 6.45) is 0. The number of carbonyl (C=O) groups is 1. The number of nitrogens with zero attached hydrogens (tertiary/aromatic N) is 2. The lowest BCUT2D eigenvalue weighted by atomic mass is 9.98. The number of aromatic nitrogens is 2. The second kappa shape index (κ2) is 11.0. The van der Waals surface area contributed by atoms with Gasteiger partial charge in [-0.15, -0.1) is 0 Å². The third-order valence-corrected chi connectivity index (χ3v) is 7.63. The lowest BCUT2D eigenvalue weighted by Gasteiger charge is -2.27. The molecule has 1 unspecified atom stereocenters. The van der Waals surface area contributed by atoms with Crippen molar-refractivity contribution in [1.82, 2.24) is 14.9 Å². The maximum Gasteiger partial charge on any atom is 0.237 e. The van der Waals surface area contributed by atoms with E-state index in [0.29, 0.717) is 15.9 Å². The zero-order chi connectivity index (χ0) is 25.1. The first-order valence-corrected chi connectivity index (χ1v) is 13.3. The van der Waals surface area contributed by atoms with Crippen LogP contribution in [0.2, 0.25) is 5.02 Å². The van der Waals surface area contributed by atoms with Crippen molar-refractivity contribution in [3.8, 4) is 11.1 Å². The molecule has 36 heavy (non-hydrogen) atoms. The number of morpholine rings is 1. The minimum atomic E-state index is -0.361. The summed E-state index contributed by atoms with van der Waals surface area (Å²) in [6.45, 7) is 8.14. The summed E-state index contributed by atoms with van der Waals surface area (Å²) >= 11 is 7.69. The van der Waals surface area contributed by atoms with Crippen LogP contribution < -0.4 is 5.32 Å². The molecule has 0 bridgehead atoms. The number of benzene rings is 3. The summed E-state index contributed by atoms with van der Waals surface area (Å²) in [6, 6.07) is 20.3. The van der Waals surface area contributed by atoms with Crippen molar-refractivity contribution in [2.45, 2.75) is 30.8 Å². The smallest absolute Gasteiger partial charge is 0.237 e. The Balaban J connectivity index is 1.36. The molecule has 1 saturated heterocycles. The number of halogens is 1. The van der Waals surface area contributed by atoms with Crippen molar-refractivity contribution in [2.24, 2.45) is 0 Å². The molecule has 1 atom stereocenters. The number of imidazole rings is 1. The fourth-order valence-corrected chi connectivity index (χ4v) is 5.48. The quantitative estimate of drug-likeness (QED) is 0.286. The molecule has 0 radical (unpaired) electrons. The van der Waals surface area contributed by atoms with Gasteiger partial charge in [-0.3, -0.25) is 9.69 Å². The lowest BCUT2D eigenvalue weighted by molar-refractivity contribution is -0.115. The topological polar surface area (TPSA) is 70.2 Å². The number of amides is 1. The summed E-state index contributed by atoms with van der Waals surface area (Å²) in [7, 11) is 0. The molecule has 1 aliphatic rings. The highest BCUT2D eigenvalue weighted by molar-refractivity contribution is 8.00. The van der Waals surface area contributed by atoms with Gasteiger partial charge in [0.05, 0.1) is 40.2 Å². The summed E-state index contributed by atoms with van der Waals surface area (Å²) < 4.78 is 5.51. The molecule has 1 amide bonds. The van der Waals surface area contributed by atoms with E-state index in [1.807, 2.05) is 44.2 Å². The minimum absolute atomic E-state index is 0.123. The molecule has 2 N–H and O–H groups in total. The molecule has 4 aromatic rings. The fraction of sp³-hybridized carbons (Fsp3) is 0.286. The Labute approximate surface area is 220 Å². The standard InChI is InChI=1S/C28H29ClN4O2S/c1-18-10-11-24(23(29)16-18)30-27(34)19(2)36-28-31-25-9-5-8-22(26(25)32-28)21-7-4-3-6-20(21)17-33-12-14-35-15-13-33/h3-11,16,19H,12-15,17H2,1-2H3,(H,30,34)(H,31,32). The Morgan fingerprint density at radius 1 is 1.14 bits per heavy atom. The first-order chi connectivity index (χ1) is 17.5. The summed E-state index contributed by atoms with van der Waals surface area (Å²) in [4.78, 5) is 23.6. The highest BCUT2D eigenvalue weighted by Crippen LogP contribution is 2.33. The predicted molar refractivity (Wildman–Crippen MR) is 148 cm³/mol. The van der Waals surface area contributed by atoms with Crippen LogP contribution in [0.5, 0.6) is 0 Å². The molecule has 1 aliphatic heterocycles. The minimum Gasteiger partial charge on any atom is -0.379 e. The predicted octanol–water partition coefficient (Wildman–Crippen LogP) is 6.14. The molecule has 0 spiro atoms. The van der Waals surface area contributed by atoms with Crippen molar-refractivity contribution in [1.29, 1.82) is 0 Å². The number of rotatable bonds is 7. The number of aryl methyl sites for hydroxylation is 1. The van der Waals surface area contributed by atoms with E-state index in [0.717, 1.165) is 55.0 Å². The Kier molecular flexibility index (Phi) is 7.62. The van der Waals surface area contributed by atoms with Gasteiger partial charge in [0.2, 0.25) is 5.91 Å². The Bertz CT molecular complexity index is 1380. The van der Waals surface area contributed by atoms with Gasteiger partial charge in [0.1, 0.15) is 0 Å². The van der Waals surface area contributed by atoms with Gasteiger partial charge in [-0.1, -0.05) is 65.8 Å². The fourth-order valence-electron chi connectivity index (χ4n) is 4.38. The Morgan fingerprint density at radius 3 is 2.72 bits per heavy atom. The van der Waals surface area contributed by atoms with Gasteiger partial charge in [-0.25, -0.2) is 4.98 Å². The number of hydrogen-bond acceptors (Lipinski definition) is 5. The Morgan fingerprint density at radius 2 is 1.92 bits per heavy atom. The highest BCUT2D eigenvalue weighted by Gasteiger charge is 2.20. The van der Waals surface area contributed by atoms with Crippen LogP contribution in [-0.2, 0) is 16.1 Å². The summed E-state index contributed by atoms with van der Waals surface area (Å²) in [5.74, 6) is -0.123. The van der Waals surface area contributed by atoms with Crippen LogP contribution in [0, 0.1) is 6.92 Å². The van der Waals surface area contributed by atoms with Crippen molar-refractivity contribution in [3.05, 3.63) is 76.8 Å². The van der Waals surface area contributed by atoms with Crippen molar-refractivity contribution in [2.75, 3.05) is 31.6 Å². The average Bonchev–Trinajstić information content (AvgIpc) is 3.29. The van der Waals surface area contributed by atoms with E-state index in [2.05, 4.69) is 45.5 Å². The van der Waals surface area contributed by atoms with E-state index in [1.165, 1.54) is 22.9 Å². The maximum atomic E-state index is 12.8. The second-order valence-electron chi connectivity index (χ2n) is 9.02. The second-order valence-corrected chi connectivity index (χ2v) is 10.8. The summed E-state index contributed by atoms with van der Waals surface area (Å²) in [5.41, 5.74) is 7.05. The van der Waals surface area contributed by atoms with Gasteiger partial charge < -0.3 is 15.0 Å². The molecule has 3 aromatic carbocycles. The monoisotopic (exact) mass is 520 g/mol. The average molecular weight is 521 g/mol. The van der Waals surface area contributed by atoms with Gasteiger partial charge in [0, 0.05) is 25.2 Å². The number of aromatic amines is 1. The SMILES string of the molecule is Cc1ccc(NC(=O)C(C)Sc2nc3c(-c4ccccc4CN4CCOCC4)cccc3[nH]2)c(Cl)c1. The van der Waals surface area contributed by atoms with Gasteiger partial charge in [0.25, 0.3) is 0 Å². The van der Waals surface area contributed by atoms with E-state index in [1.54, 1.807) is 0 Å². The number of para-hydroxylation sites is 1. The third kappa shape index (κ3) is 5.60. The van der Waals surface area contributed by atoms with Crippen LogP contribution in [-0.4, -0.2) is 52.3 Å². The van der Waals surface area contributed by atoms with Crippen LogP contribution in [0.3, 0.4) is 0 Å². The van der Waals surface area contributed by atoms with Crippen LogP contribution in [0.4, 0.5) is 5.69 Å². The Hall–Kier alpha value is -2.84. The molecule has 1 aromatic heterocycles. The number of hydrogen-bond donors (Lipinski definition) is 2. The number of carbonyl (C=O) groups excluding carboxylic acids is 1. The van der Waals surface area contributed by atoms with Crippen LogP contribution >= 0.6 is 23.4 Å². The lowest BCUT2D eigenvalue weighted by Crippen LogP contribution is -2.35. The largest absolute Gasteiger partial charge is 0.379 e. The molecule has 186 valence electrons. The number of H-pyrrole nitrogens is 1. The number of anilines is 1. The zero-order valence-corrected chi connectivity index (χ0v) is 22.0. The van der Waals surface area contributed by atoms with Gasteiger partial charge in [0.15, 0.2) is 5.16 Å². The molecule has 0 aliphatic carbocycles. The molecule has 2 heterocycles. The molecule has 8 heteroatoms. The first-order valence-electron chi connectivity index (χ1n) is 12.1. The van der Waals surface area contributed by atoms with Crippen LogP contribution in [0.15, 0.2) is 65.8 Å². The maximum absolute atomic E-state index is 12.8. The molecule has 6 nitrogen and oxygen atoms in total. The van der Waals surface area contributed by atoms with Crippen LogP contribution in [0.25, 0.3) is 22.2 Å². The molecule has 0 saturated carbocycles. The van der Waals surface area contributed by atoms with Crippen LogP contribution in [0.1, 0.15) is 18.1 Å². The van der Waals surface area contributed by atoms with Gasteiger partial charge in [-0.05, 0) is 48.7 Å². The van der Waals surface area contributed by atoms with E-state index >= 15 is 0 Å². The molecule has 1 fully saturated rings. The molecular weight excluding hydrogens is 492 g/mol. The van der Waals surface area contributed by atoms with Gasteiger partial charge in [-0.2, -0.15) is 0 Å². The molecular formula is C28H29ClN4O2S. The van der Waals surface area contributed by atoms with E-state index in [4.69, 9.17) is 21.3 Å². The van der Waals surface area contributed by atoms with Crippen molar-refractivity contribution >= 4 is 46.0 Å². The third-order valence-electron chi connectivity index (χ3n) is 6.34. The zero-order valence-electron chi connectivity index (χ0n) is 20.4. The van der Waals surface area contributed by atoms with Gasteiger partial charge >= 0.3 is 0 Å². The van der Waals surface area contributed by atoms with E-state index in [9.17, 15) is 4.79 Å².